The minimum Gasteiger partial charge on any atom is -0.406 e. The van der Waals surface area contributed by atoms with E-state index in [1.165, 1.54) is 23.1 Å². The molecule has 7 heteroatoms. The third-order valence-corrected chi connectivity index (χ3v) is 4.10. The van der Waals surface area contributed by atoms with Crippen LogP contribution in [-0.2, 0) is 11.3 Å². The zero-order valence-electron chi connectivity index (χ0n) is 13.6. The van der Waals surface area contributed by atoms with Crippen LogP contribution in [0.4, 0.5) is 13.2 Å². The molecule has 2 N–H and O–H groups in total. The Balaban J connectivity index is 2.87. The molecule has 0 atom stereocenters. The van der Waals surface area contributed by atoms with E-state index in [1.54, 1.807) is 13.1 Å². The number of nitrogens with two attached hydrogens (primary N) is 1. The first-order chi connectivity index (χ1) is 10.7. The molecule has 4 nitrogen and oxygen atoms in total. The highest BCUT2D eigenvalue weighted by Crippen LogP contribution is 2.28. The van der Waals surface area contributed by atoms with E-state index < -0.39 is 11.8 Å². The average molecular weight is 332 g/mol. The second-order valence-electron chi connectivity index (χ2n) is 5.55. The molecule has 0 saturated heterocycles. The number of ether oxygens (including phenoxy) is 1. The van der Waals surface area contributed by atoms with Crippen molar-refractivity contribution in [2.75, 3.05) is 13.6 Å². The van der Waals surface area contributed by atoms with E-state index in [0.717, 1.165) is 0 Å². The molecule has 23 heavy (non-hydrogen) atoms. The fourth-order valence-electron chi connectivity index (χ4n) is 2.52. The molecule has 0 spiro atoms. The quantitative estimate of drug-likeness (QED) is 0.833. The molecule has 0 unspecified atom stereocenters. The van der Waals surface area contributed by atoms with Crippen molar-refractivity contribution in [1.82, 2.24) is 4.90 Å². The van der Waals surface area contributed by atoms with Gasteiger partial charge in [0.25, 0.3) is 0 Å². The van der Waals surface area contributed by atoms with Crippen LogP contribution in [0.3, 0.4) is 0 Å². The monoisotopic (exact) mass is 332 g/mol. The van der Waals surface area contributed by atoms with Crippen LogP contribution in [0, 0.1) is 5.41 Å². The first-order valence-corrected chi connectivity index (χ1v) is 7.47. The second-order valence-corrected chi connectivity index (χ2v) is 5.55. The fraction of sp³-hybridized carbons (Fsp3) is 0.562. The van der Waals surface area contributed by atoms with Crippen molar-refractivity contribution in [2.45, 2.75) is 39.6 Å². The number of rotatable bonds is 7. The highest BCUT2D eigenvalue weighted by molar-refractivity contribution is 5.82. The highest BCUT2D eigenvalue weighted by Gasteiger charge is 2.35. The topological polar surface area (TPSA) is 55.6 Å². The van der Waals surface area contributed by atoms with Gasteiger partial charge in [0.2, 0.25) is 5.91 Å². The predicted octanol–water partition coefficient (Wildman–Crippen LogP) is 3.31. The van der Waals surface area contributed by atoms with Gasteiger partial charge in [-0.2, -0.15) is 0 Å². The maximum absolute atomic E-state index is 12.6. The molecule has 0 heterocycles. The molecule has 0 saturated carbocycles. The van der Waals surface area contributed by atoms with Crippen LogP contribution in [0.15, 0.2) is 24.3 Å². The SMILES string of the molecule is CCC(CC)(CN)C(=O)N(C)Cc1cccc(OC(F)(F)F)c1. The number of carbonyl (C=O) groups excluding carboxylic acids is 1. The molecule has 0 radical (unpaired) electrons. The lowest BCUT2D eigenvalue weighted by Crippen LogP contribution is -2.45. The van der Waals surface area contributed by atoms with Gasteiger partial charge in [-0.25, -0.2) is 0 Å². The van der Waals surface area contributed by atoms with Gasteiger partial charge in [-0.15, -0.1) is 13.2 Å². The van der Waals surface area contributed by atoms with E-state index in [4.69, 9.17) is 5.73 Å². The molecule has 0 aliphatic carbocycles. The largest absolute Gasteiger partial charge is 0.573 e. The van der Waals surface area contributed by atoms with Gasteiger partial charge >= 0.3 is 6.36 Å². The molecule has 0 aliphatic rings. The van der Waals surface area contributed by atoms with Crippen LogP contribution in [0.1, 0.15) is 32.3 Å². The highest BCUT2D eigenvalue weighted by atomic mass is 19.4. The van der Waals surface area contributed by atoms with Gasteiger partial charge < -0.3 is 15.4 Å². The van der Waals surface area contributed by atoms with Gasteiger partial charge in [0.15, 0.2) is 0 Å². The van der Waals surface area contributed by atoms with Crippen LogP contribution in [-0.4, -0.2) is 30.8 Å². The van der Waals surface area contributed by atoms with Crippen LogP contribution in [0.2, 0.25) is 0 Å². The van der Waals surface area contributed by atoms with Crippen molar-refractivity contribution >= 4 is 5.91 Å². The predicted molar refractivity (Wildman–Crippen MR) is 81.7 cm³/mol. The van der Waals surface area contributed by atoms with Crippen molar-refractivity contribution in [1.29, 1.82) is 0 Å². The number of halogens is 3. The number of alkyl halides is 3. The average Bonchev–Trinajstić information content (AvgIpc) is 2.48. The molecule has 1 amide bonds. The Kier molecular flexibility index (Phi) is 6.44. The van der Waals surface area contributed by atoms with Crippen molar-refractivity contribution in [3.8, 4) is 5.75 Å². The van der Waals surface area contributed by atoms with E-state index in [-0.39, 0.29) is 24.7 Å². The molecule has 0 aromatic heterocycles. The van der Waals surface area contributed by atoms with Gasteiger partial charge in [0.1, 0.15) is 5.75 Å². The zero-order chi connectivity index (χ0) is 17.7. The first-order valence-electron chi connectivity index (χ1n) is 7.47. The minimum absolute atomic E-state index is 0.104. The zero-order valence-corrected chi connectivity index (χ0v) is 13.6. The van der Waals surface area contributed by atoms with Crippen molar-refractivity contribution < 1.29 is 22.7 Å². The Hall–Kier alpha value is -1.76. The Labute approximate surface area is 134 Å². The summed E-state index contributed by atoms with van der Waals surface area (Å²) in [5.41, 5.74) is 5.69. The maximum Gasteiger partial charge on any atom is 0.573 e. The summed E-state index contributed by atoms with van der Waals surface area (Å²) in [4.78, 5) is 14.1. The van der Waals surface area contributed by atoms with E-state index in [0.29, 0.717) is 18.4 Å². The summed E-state index contributed by atoms with van der Waals surface area (Å²) < 4.78 is 40.7. The summed E-state index contributed by atoms with van der Waals surface area (Å²) in [6, 6.07) is 5.61. The molecule has 1 aromatic carbocycles. The Morgan fingerprint density at radius 3 is 2.35 bits per heavy atom. The smallest absolute Gasteiger partial charge is 0.406 e. The fourth-order valence-corrected chi connectivity index (χ4v) is 2.52. The molecule has 0 bridgehead atoms. The van der Waals surface area contributed by atoms with Crippen LogP contribution < -0.4 is 10.5 Å². The minimum atomic E-state index is -4.74. The van der Waals surface area contributed by atoms with Crippen LogP contribution >= 0.6 is 0 Å². The lowest BCUT2D eigenvalue weighted by Gasteiger charge is -2.33. The molecule has 0 fully saturated rings. The van der Waals surface area contributed by atoms with Gasteiger partial charge in [0.05, 0.1) is 5.41 Å². The summed E-state index contributed by atoms with van der Waals surface area (Å²) in [5, 5.41) is 0. The van der Waals surface area contributed by atoms with Gasteiger partial charge in [-0.1, -0.05) is 26.0 Å². The molecule has 1 aromatic rings. The van der Waals surface area contributed by atoms with E-state index in [9.17, 15) is 18.0 Å². The number of carbonyl (C=O) groups is 1. The number of amides is 1. The van der Waals surface area contributed by atoms with Crippen molar-refractivity contribution in [3.63, 3.8) is 0 Å². The first kappa shape index (κ1) is 19.3. The van der Waals surface area contributed by atoms with E-state index in [2.05, 4.69) is 4.74 Å². The van der Waals surface area contributed by atoms with Crippen molar-refractivity contribution in [2.24, 2.45) is 11.1 Å². The van der Waals surface area contributed by atoms with Crippen molar-refractivity contribution in [3.05, 3.63) is 29.8 Å². The number of benzene rings is 1. The molecule has 0 aliphatic heterocycles. The standard InChI is InChI=1S/C16H23F3N2O2/c1-4-15(5-2,11-20)14(22)21(3)10-12-7-6-8-13(9-12)23-16(17,18)19/h6-9H,4-5,10-11,20H2,1-3H3. The summed E-state index contributed by atoms with van der Waals surface area (Å²) in [6.45, 7) is 4.23. The lowest BCUT2D eigenvalue weighted by atomic mass is 9.81. The Bertz CT molecular complexity index is 520. The molecule has 1 rings (SSSR count). The van der Waals surface area contributed by atoms with Crippen LogP contribution in [0.25, 0.3) is 0 Å². The molecular weight excluding hydrogens is 309 g/mol. The Morgan fingerprint density at radius 2 is 1.87 bits per heavy atom. The normalized spacial score (nSPS) is 12.1. The molecular formula is C16H23F3N2O2. The maximum atomic E-state index is 12.6. The van der Waals surface area contributed by atoms with Crippen LogP contribution in [0.5, 0.6) is 5.75 Å². The van der Waals surface area contributed by atoms with E-state index >= 15 is 0 Å². The third-order valence-electron chi connectivity index (χ3n) is 4.10. The molecule has 130 valence electrons. The second kappa shape index (κ2) is 7.68. The Morgan fingerprint density at radius 1 is 1.26 bits per heavy atom. The van der Waals surface area contributed by atoms with Gasteiger partial charge in [0, 0.05) is 20.1 Å². The lowest BCUT2D eigenvalue weighted by molar-refractivity contribution is -0.274. The third kappa shape index (κ3) is 5.13. The van der Waals surface area contributed by atoms with Gasteiger partial charge in [-0.3, -0.25) is 4.79 Å². The summed E-state index contributed by atoms with van der Waals surface area (Å²) in [7, 11) is 1.62. The number of hydrogen-bond donors (Lipinski definition) is 1. The summed E-state index contributed by atoms with van der Waals surface area (Å²) in [6.07, 6.45) is -3.51. The summed E-state index contributed by atoms with van der Waals surface area (Å²) >= 11 is 0. The number of nitrogens with zero attached hydrogens (tertiary/aromatic N) is 1. The van der Waals surface area contributed by atoms with Gasteiger partial charge in [-0.05, 0) is 30.5 Å². The van der Waals surface area contributed by atoms with E-state index in [1.807, 2.05) is 13.8 Å². The number of hydrogen-bond acceptors (Lipinski definition) is 3. The summed E-state index contributed by atoms with van der Waals surface area (Å²) in [5.74, 6) is -0.404.